The van der Waals surface area contributed by atoms with Crippen molar-refractivity contribution in [3.05, 3.63) is 60.2 Å². The van der Waals surface area contributed by atoms with Crippen molar-refractivity contribution in [2.75, 3.05) is 26.3 Å². The molecule has 178 valence electrons. The van der Waals surface area contributed by atoms with Gasteiger partial charge in [-0.1, -0.05) is 48.6 Å². The predicted octanol–water partition coefficient (Wildman–Crippen LogP) is 4.01. The number of hydrogen-bond acceptors (Lipinski definition) is 5. The number of fused-ring (bicyclic) bond motifs is 1. The maximum absolute atomic E-state index is 11.0. The van der Waals surface area contributed by atoms with Crippen LogP contribution in [0.3, 0.4) is 0 Å². The first-order valence-electron chi connectivity index (χ1n) is 12.1. The largest absolute Gasteiger partial charge is 0.481 e. The van der Waals surface area contributed by atoms with E-state index in [-0.39, 0.29) is 24.5 Å². The fourth-order valence-electron chi connectivity index (χ4n) is 5.26. The summed E-state index contributed by atoms with van der Waals surface area (Å²) in [6, 6.07) is 14.8. The second-order valence-corrected chi connectivity index (χ2v) is 9.12. The number of aliphatic hydroxyl groups is 1. The zero-order valence-corrected chi connectivity index (χ0v) is 19.1. The van der Waals surface area contributed by atoms with Crippen molar-refractivity contribution in [3.8, 4) is 0 Å². The standard InChI is InChI=1S/C27H35NO5/c29-24-18-25(33-19-20-11-12-21-7-5-6-8-22(21)17-20)23(9-3-1-2-4-10-26(30)31)27(24)28-13-15-32-16-14-28/h1-2,5-8,11-12,17,23-25,27,29H,3-4,9-10,13-16,18-19H2,(H,30,31)/b2-1-/t23-,24+,25-,27+/m0/s1. The lowest BCUT2D eigenvalue weighted by atomic mass is 9.93. The molecule has 0 spiro atoms. The van der Waals surface area contributed by atoms with Crippen molar-refractivity contribution in [1.82, 2.24) is 4.90 Å². The molecule has 0 unspecified atom stereocenters. The van der Waals surface area contributed by atoms with Crippen molar-refractivity contribution in [2.24, 2.45) is 5.92 Å². The molecule has 1 saturated heterocycles. The molecule has 2 N–H and O–H groups in total. The first-order valence-corrected chi connectivity index (χ1v) is 12.1. The number of carbonyl (C=O) groups is 1. The van der Waals surface area contributed by atoms with Gasteiger partial charge in [-0.25, -0.2) is 0 Å². The summed E-state index contributed by atoms with van der Waals surface area (Å²) in [5, 5.41) is 22.2. The molecular weight excluding hydrogens is 418 g/mol. The molecule has 6 heteroatoms. The van der Waals surface area contributed by atoms with Crippen LogP contribution in [0.2, 0.25) is 0 Å². The number of carboxylic acids is 1. The molecule has 2 aromatic carbocycles. The molecular formula is C27H35NO5. The molecule has 0 amide bonds. The van der Waals surface area contributed by atoms with Crippen molar-refractivity contribution in [1.29, 1.82) is 0 Å². The van der Waals surface area contributed by atoms with E-state index in [0.29, 0.717) is 32.7 Å². The van der Waals surface area contributed by atoms with Gasteiger partial charge < -0.3 is 19.7 Å². The van der Waals surface area contributed by atoms with Crippen LogP contribution in [-0.4, -0.2) is 65.6 Å². The van der Waals surface area contributed by atoms with Gasteiger partial charge in [0.25, 0.3) is 0 Å². The molecule has 1 aliphatic heterocycles. The Morgan fingerprint density at radius 1 is 1.09 bits per heavy atom. The van der Waals surface area contributed by atoms with Crippen LogP contribution in [0.5, 0.6) is 0 Å². The van der Waals surface area contributed by atoms with E-state index < -0.39 is 12.1 Å². The van der Waals surface area contributed by atoms with Crippen LogP contribution in [0.1, 0.15) is 37.7 Å². The maximum Gasteiger partial charge on any atom is 0.303 e. The van der Waals surface area contributed by atoms with Crippen LogP contribution >= 0.6 is 0 Å². The minimum Gasteiger partial charge on any atom is -0.481 e. The summed E-state index contributed by atoms with van der Waals surface area (Å²) in [7, 11) is 0. The van der Waals surface area contributed by atoms with Crippen LogP contribution in [0.25, 0.3) is 10.8 Å². The van der Waals surface area contributed by atoms with Crippen LogP contribution in [-0.2, 0) is 20.9 Å². The third kappa shape index (κ3) is 6.42. The van der Waals surface area contributed by atoms with Gasteiger partial charge in [0.2, 0.25) is 0 Å². The summed E-state index contributed by atoms with van der Waals surface area (Å²) < 4.78 is 12.0. The van der Waals surface area contributed by atoms with E-state index in [9.17, 15) is 9.90 Å². The molecule has 4 rings (SSSR count). The summed E-state index contributed by atoms with van der Waals surface area (Å²) >= 11 is 0. The number of carboxylic acid groups (broad SMARTS) is 1. The highest BCUT2D eigenvalue weighted by Gasteiger charge is 2.45. The van der Waals surface area contributed by atoms with Gasteiger partial charge in [0.1, 0.15) is 0 Å². The fraction of sp³-hybridized carbons (Fsp3) is 0.519. The van der Waals surface area contributed by atoms with Crippen LogP contribution in [0.15, 0.2) is 54.6 Å². The number of rotatable bonds is 10. The first-order chi connectivity index (χ1) is 16.1. The molecule has 2 aromatic rings. The summed E-state index contributed by atoms with van der Waals surface area (Å²) in [6.45, 7) is 3.61. The van der Waals surface area contributed by atoms with Gasteiger partial charge >= 0.3 is 5.97 Å². The van der Waals surface area contributed by atoms with Crippen molar-refractivity contribution < 1.29 is 24.5 Å². The molecule has 0 aromatic heterocycles. The highest BCUT2D eigenvalue weighted by Crippen LogP contribution is 2.37. The van der Waals surface area contributed by atoms with Gasteiger partial charge in [-0.3, -0.25) is 9.69 Å². The number of aliphatic carboxylic acids is 1. The topological polar surface area (TPSA) is 79.2 Å². The second kappa shape index (κ2) is 11.7. The Balaban J connectivity index is 1.41. The van der Waals surface area contributed by atoms with E-state index >= 15 is 0 Å². The predicted molar refractivity (Wildman–Crippen MR) is 128 cm³/mol. The molecule has 2 fully saturated rings. The number of aliphatic hydroxyl groups excluding tert-OH is 1. The molecule has 6 nitrogen and oxygen atoms in total. The highest BCUT2D eigenvalue weighted by molar-refractivity contribution is 5.82. The zero-order chi connectivity index (χ0) is 23.0. The van der Waals surface area contributed by atoms with Crippen molar-refractivity contribution in [2.45, 2.75) is 57.0 Å². The van der Waals surface area contributed by atoms with Gasteiger partial charge in [-0.2, -0.15) is 0 Å². The molecule has 4 atom stereocenters. The van der Waals surface area contributed by atoms with E-state index in [0.717, 1.165) is 31.5 Å². The number of nitrogens with zero attached hydrogens (tertiary/aromatic N) is 1. The molecule has 1 aliphatic carbocycles. The summed E-state index contributed by atoms with van der Waals surface area (Å²) in [5.41, 5.74) is 1.14. The third-order valence-corrected chi connectivity index (χ3v) is 6.89. The van der Waals surface area contributed by atoms with Crippen LogP contribution in [0, 0.1) is 5.92 Å². The molecule has 0 radical (unpaired) electrons. The van der Waals surface area contributed by atoms with Gasteiger partial charge in [-0.15, -0.1) is 0 Å². The van der Waals surface area contributed by atoms with Gasteiger partial charge in [0.05, 0.1) is 32.0 Å². The zero-order valence-electron chi connectivity index (χ0n) is 19.1. The van der Waals surface area contributed by atoms with Crippen molar-refractivity contribution >= 4 is 16.7 Å². The normalized spacial score (nSPS) is 26.3. The smallest absolute Gasteiger partial charge is 0.303 e. The molecule has 2 aliphatic rings. The SMILES string of the molecule is O=C(O)CC/C=C\CC[C@@H]1[C@@H](N2CCOCC2)[C@H](O)C[C@@H]1OCc1ccc2ccccc2c1. The van der Waals surface area contributed by atoms with E-state index in [1.807, 2.05) is 18.2 Å². The minimum absolute atomic E-state index is 0.00765. The number of ether oxygens (including phenoxy) is 2. The van der Waals surface area contributed by atoms with E-state index in [1.165, 1.54) is 10.8 Å². The van der Waals surface area contributed by atoms with E-state index in [2.05, 4.69) is 41.3 Å². The van der Waals surface area contributed by atoms with Crippen LogP contribution in [0.4, 0.5) is 0 Å². The Kier molecular flexibility index (Phi) is 8.51. The minimum atomic E-state index is -0.770. The Hall–Kier alpha value is -2.25. The average Bonchev–Trinajstić information content (AvgIpc) is 3.15. The molecule has 33 heavy (non-hydrogen) atoms. The summed E-state index contributed by atoms with van der Waals surface area (Å²) in [4.78, 5) is 13.1. The summed E-state index contributed by atoms with van der Waals surface area (Å²) in [5.74, 6) is -0.546. The third-order valence-electron chi connectivity index (χ3n) is 6.89. The number of allylic oxidation sites excluding steroid dienone is 2. The van der Waals surface area contributed by atoms with Gasteiger partial charge in [-0.05, 0) is 41.7 Å². The molecule has 1 heterocycles. The van der Waals surface area contributed by atoms with E-state index in [1.54, 1.807) is 0 Å². The lowest BCUT2D eigenvalue weighted by molar-refractivity contribution is -0.136. The first kappa shape index (κ1) is 23.9. The Bertz CT molecular complexity index is 939. The van der Waals surface area contributed by atoms with Gasteiger partial charge in [0, 0.05) is 37.9 Å². The average molecular weight is 454 g/mol. The Morgan fingerprint density at radius 3 is 2.64 bits per heavy atom. The number of benzene rings is 2. The lowest BCUT2D eigenvalue weighted by Gasteiger charge is -2.38. The maximum atomic E-state index is 11.0. The number of hydrogen-bond donors (Lipinski definition) is 2. The Morgan fingerprint density at radius 2 is 1.85 bits per heavy atom. The quantitative estimate of drug-likeness (QED) is 0.529. The lowest BCUT2D eigenvalue weighted by Crippen LogP contribution is -2.50. The summed E-state index contributed by atoms with van der Waals surface area (Å²) in [6.07, 6.45) is 6.72. The van der Waals surface area contributed by atoms with Gasteiger partial charge in [0.15, 0.2) is 0 Å². The number of morpholine rings is 1. The monoisotopic (exact) mass is 453 g/mol. The van der Waals surface area contributed by atoms with Crippen LogP contribution < -0.4 is 0 Å². The van der Waals surface area contributed by atoms with E-state index in [4.69, 9.17) is 14.6 Å². The second-order valence-electron chi connectivity index (χ2n) is 9.12. The molecule has 0 bridgehead atoms. The fourth-order valence-corrected chi connectivity index (χ4v) is 5.26. The Labute approximate surface area is 195 Å². The highest BCUT2D eigenvalue weighted by atomic mass is 16.5. The molecule has 1 saturated carbocycles. The van der Waals surface area contributed by atoms with Crippen molar-refractivity contribution in [3.63, 3.8) is 0 Å².